The summed E-state index contributed by atoms with van der Waals surface area (Å²) >= 11 is 1.95. The predicted molar refractivity (Wildman–Crippen MR) is 46.9 cm³/mol. The highest BCUT2D eigenvalue weighted by atomic mass is 32.2. The molecule has 2 N–H and O–H groups in total. The average Bonchev–Trinajstić information content (AvgIpc) is 2.06. The highest BCUT2D eigenvalue weighted by Crippen LogP contribution is 2.08. The molecule has 0 amide bonds. The van der Waals surface area contributed by atoms with E-state index in [-0.39, 0.29) is 6.61 Å². The highest BCUT2D eigenvalue weighted by Gasteiger charge is 2.13. The van der Waals surface area contributed by atoms with Crippen molar-refractivity contribution in [3.8, 4) is 0 Å². The Bertz CT molecular complexity index is 107. The minimum absolute atomic E-state index is 0.121. The zero-order valence-corrected chi connectivity index (χ0v) is 7.39. The maximum Gasteiger partial charge on any atom is 0.0897 e. The zero-order valence-electron chi connectivity index (χ0n) is 6.57. The molecule has 1 saturated heterocycles. The lowest BCUT2D eigenvalue weighted by Gasteiger charge is -2.27. The summed E-state index contributed by atoms with van der Waals surface area (Å²) in [6.45, 7) is 2.59. The Kier molecular flexibility index (Phi) is 4.22. The summed E-state index contributed by atoms with van der Waals surface area (Å²) in [6.07, 6.45) is -0.557. The summed E-state index contributed by atoms with van der Waals surface area (Å²) in [5.41, 5.74) is 0. The molecular formula is C7H15NO2S. The Morgan fingerprint density at radius 1 is 1.36 bits per heavy atom. The van der Waals surface area contributed by atoms with Crippen molar-refractivity contribution in [2.24, 2.45) is 0 Å². The monoisotopic (exact) mass is 177 g/mol. The van der Waals surface area contributed by atoms with E-state index in [2.05, 4.69) is 4.90 Å². The summed E-state index contributed by atoms with van der Waals surface area (Å²) in [6, 6.07) is 0. The first-order valence-corrected chi connectivity index (χ1v) is 5.07. The first-order chi connectivity index (χ1) is 5.33. The molecule has 66 valence electrons. The van der Waals surface area contributed by atoms with E-state index in [1.54, 1.807) is 0 Å². The third kappa shape index (κ3) is 3.42. The van der Waals surface area contributed by atoms with Gasteiger partial charge in [0.1, 0.15) is 0 Å². The molecule has 1 aliphatic heterocycles. The minimum atomic E-state index is -0.557. The van der Waals surface area contributed by atoms with Gasteiger partial charge in [-0.1, -0.05) is 0 Å². The largest absolute Gasteiger partial charge is 0.394 e. The summed E-state index contributed by atoms with van der Waals surface area (Å²) in [5, 5.41) is 17.7. The number of β-amino-alcohol motifs (C(OH)–C–C–N with tert-alkyl or cyclic N) is 1. The Morgan fingerprint density at radius 3 is 2.55 bits per heavy atom. The van der Waals surface area contributed by atoms with Gasteiger partial charge in [0.05, 0.1) is 12.7 Å². The van der Waals surface area contributed by atoms with E-state index in [1.165, 1.54) is 0 Å². The molecule has 0 aromatic heterocycles. The number of nitrogens with zero attached hydrogens (tertiary/aromatic N) is 1. The number of hydrogen-bond donors (Lipinski definition) is 2. The fourth-order valence-corrected chi connectivity index (χ4v) is 2.12. The molecule has 0 radical (unpaired) electrons. The van der Waals surface area contributed by atoms with Crippen LogP contribution in [0.3, 0.4) is 0 Å². The second kappa shape index (κ2) is 4.98. The van der Waals surface area contributed by atoms with Crippen LogP contribution in [0.2, 0.25) is 0 Å². The van der Waals surface area contributed by atoms with Gasteiger partial charge in [-0.05, 0) is 0 Å². The number of hydrogen-bond acceptors (Lipinski definition) is 4. The number of rotatable bonds is 3. The number of aliphatic hydroxyl groups excluding tert-OH is 2. The molecule has 1 rings (SSSR count). The van der Waals surface area contributed by atoms with Crippen molar-refractivity contribution >= 4 is 11.8 Å². The molecule has 0 bridgehead atoms. The van der Waals surface area contributed by atoms with Crippen LogP contribution in [0.15, 0.2) is 0 Å². The van der Waals surface area contributed by atoms with Crippen molar-refractivity contribution in [3.05, 3.63) is 0 Å². The topological polar surface area (TPSA) is 43.7 Å². The zero-order chi connectivity index (χ0) is 8.10. The third-order valence-electron chi connectivity index (χ3n) is 1.78. The lowest BCUT2D eigenvalue weighted by Crippen LogP contribution is -2.39. The van der Waals surface area contributed by atoms with Crippen LogP contribution in [0.5, 0.6) is 0 Å². The Morgan fingerprint density at radius 2 is 2.00 bits per heavy atom. The molecule has 1 heterocycles. The summed E-state index contributed by atoms with van der Waals surface area (Å²) in [7, 11) is 0. The van der Waals surface area contributed by atoms with E-state index >= 15 is 0 Å². The van der Waals surface area contributed by atoms with Crippen LogP contribution in [0.25, 0.3) is 0 Å². The second-order valence-electron chi connectivity index (χ2n) is 2.75. The van der Waals surface area contributed by atoms with Gasteiger partial charge in [0.2, 0.25) is 0 Å². The standard InChI is InChI=1S/C7H15NO2S/c9-6-7(10)5-8-1-3-11-4-2-8/h7,9-10H,1-6H2/t7-/m0/s1. The molecular weight excluding hydrogens is 162 g/mol. The van der Waals surface area contributed by atoms with Gasteiger partial charge in [-0.3, -0.25) is 4.90 Å². The van der Waals surface area contributed by atoms with Crippen molar-refractivity contribution in [3.63, 3.8) is 0 Å². The van der Waals surface area contributed by atoms with Crippen molar-refractivity contribution in [2.75, 3.05) is 37.7 Å². The van der Waals surface area contributed by atoms with Gasteiger partial charge in [0, 0.05) is 31.1 Å². The van der Waals surface area contributed by atoms with E-state index in [0.717, 1.165) is 24.6 Å². The van der Waals surface area contributed by atoms with Gasteiger partial charge in [0.15, 0.2) is 0 Å². The fourth-order valence-electron chi connectivity index (χ4n) is 1.14. The van der Waals surface area contributed by atoms with Crippen LogP contribution in [0, 0.1) is 0 Å². The van der Waals surface area contributed by atoms with Gasteiger partial charge < -0.3 is 10.2 Å². The number of thioether (sulfide) groups is 1. The number of aliphatic hydroxyl groups is 2. The molecule has 0 aromatic carbocycles. The van der Waals surface area contributed by atoms with E-state index in [9.17, 15) is 0 Å². The quantitative estimate of drug-likeness (QED) is 0.603. The van der Waals surface area contributed by atoms with E-state index in [4.69, 9.17) is 10.2 Å². The van der Waals surface area contributed by atoms with Crippen LogP contribution in [0.4, 0.5) is 0 Å². The van der Waals surface area contributed by atoms with Gasteiger partial charge in [-0.25, -0.2) is 0 Å². The molecule has 4 heteroatoms. The van der Waals surface area contributed by atoms with Crippen molar-refractivity contribution < 1.29 is 10.2 Å². The Labute approximate surface area is 71.4 Å². The van der Waals surface area contributed by atoms with Gasteiger partial charge >= 0.3 is 0 Å². The maximum atomic E-state index is 9.11. The Balaban J connectivity index is 2.13. The van der Waals surface area contributed by atoms with Crippen LogP contribution in [-0.4, -0.2) is 59.0 Å². The van der Waals surface area contributed by atoms with Gasteiger partial charge in [0.25, 0.3) is 0 Å². The molecule has 0 unspecified atom stereocenters. The molecule has 3 nitrogen and oxygen atoms in total. The minimum Gasteiger partial charge on any atom is -0.394 e. The van der Waals surface area contributed by atoms with E-state index in [0.29, 0.717) is 6.54 Å². The van der Waals surface area contributed by atoms with Crippen molar-refractivity contribution in [2.45, 2.75) is 6.10 Å². The summed E-state index contributed by atoms with van der Waals surface area (Å²) in [4.78, 5) is 2.19. The van der Waals surface area contributed by atoms with Crippen molar-refractivity contribution in [1.82, 2.24) is 4.90 Å². The maximum absolute atomic E-state index is 9.11. The molecule has 0 spiro atoms. The second-order valence-corrected chi connectivity index (χ2v) is 3.97. The predicted octanol–water partition coefficient (Wildman–Crippen LogP) is -0.612. The molecule has 0 saturated carbocycles. The summed E-state index contributed by atoms with van der Waals surface area (Å²) < 4.78 is 0. The van der Waals surface area contributed by atoms with E-state index in [1.807, 2.05) is 11.8 Å². The normalized spacial score (nSPS) is 23.5. The molecule has 11 heavy (non-hydrogen) atoms. The SMILES string of the molecule is OC[C@@H](O)CN1CCSCC1. The lowest BCUT2D eigenvalue weighted by molar-refractivity contribution is 0.0622. The summed E-state index contributed by atoms with van der Waals surface area (Å²) in [5.74, 6) is 2.30. The third-order valence-corrected chi connectivity index (χ3v) is 2.73. The van der Waals surface area contributed by atoms with Crippen LogP contribution < -0.4 is 0 Å². The average molecular weight is 177 g/mol. The molecule has 1 aliphatic rings. The smallest absolute Gasteiger partial charge is 0.0897 e. The molecule has 0 aromatic rings. The van der Waals surface area contributed by atoms with Gasteiger partial charge in [-0.15, -0.1) is 0 Å². The van der Waals surface area contributed by atoms with E-state index < -0.39 is 6.10 Å². The lowest BCUT2D eigenvalue weighted by atomic mass is 10.3. The van der Waals surface area contributed by atoms with Crippen LogP contribution >= 0.6 is 11.8 Å². The first-order valence-electron chi connectivity index (χ1n) is 3.92. The van der Waals surface area contributed by atoms with Gasteiger partial charge in [-0.2, -0.15) is 11.8 Å². The Hall–Kier alpha value is 0.230. The fraction of sp³-hybridized carbons (Fsp3) is 1.00. The first kappa shape index (κ1) is 9.32. The molecule has 1 atom stereocenters. The van der Waals surface area contributed by atoms with Crippen LogP contribution in [0.1, 0.15) is 0 Å². The van der Waals surface area contributed by atoms with Crippen molar-refractivity contribution in [1.29, 1.82) is 0 Å². The van der Waals surface area contributed by atoms with Crippen LogP contribution in [-0.2, 0) is 0 Å². The molecule has 1 fully saturated rings. The molecule has 0 aliphatic carbocycles. The highest BCUT2D eigenvalue weighted by molar-refractivity contribution is 7.99.